The summed E-state index contributed by atoms with van der Waals surface area (Å²) < 4.78 is 0. The molecule has 1 fully saturated rings. The topological polar surface area (TPSA) is 65.1 Å². The van der Waals surface area contributed by atoms with Crippen molar-refractivity contribution in [2.75, 3.05) is 31.1 Å². The van der Waals surface area contributed by atoms with E-state index in [-0.39, 0.29) is 5.91 Å². The lowest BCUT2D eigenvalue weighted by Crippen LogP contribution is -2.48. The summed E-state index contributed by atoms with van der Waals surface area (Å²) in [4.78, 5) is 22.5. The molecule has 1 amide bonds. The zero-order chi connectivity index (χ0) is 18.1. The van der Waals surface area contributed by atoms with Crippen LogP contribution in [0.5, 0.6) is 0 Å². The fourth-order valence-electron chi connectivity index (χ4n) is 3.30. The van der Waals surface area contributed by atoms with Crippen LogP contribution in [0.3, 0.4) is 0 Å². The van der Waals surface area contributed by atoms with Crippen LogP contribution in [-0.4, -0.2) is 52.2 Å². The smallest absolute Gasteiger partial charge is 0.274 e. The van der Waals surface area contributed by atoms with E-state index in [1.54, 1.807) is 11.3 Å². The van der Waals surface area contributed by atoms with Crippen LogP contribution in [0.4, 0.5) is 5.69 Å². The summed E-state index contributed by atoms with van der Waals surface area (Å²) in [5, 5.41) is 8.25. The van der Waals surface area contributed by atoms with Gasteiger partial charge in [-0.15, -0.1) is 11.3 Å². The van der Waals surface area contributed by atoms with E-state index in [1.807, 2.05) is 43.0 Å². The van der Waals surface area contributed by atoms with E-state index < -0.39 is 0 Å². The number of para-hydroxylation sites is 1. The van der Waals surface area contributed by atoms with Crippen LogP contribution in [0.1, 0.15) is 21.2 Å². The normalized spacial score (nSPS) is 14.7. The molecule has 1 aliphatic rings. The molecule has 0 unspecified atom stereocenters. The maximum Gasteiger partial charge on any atom is 0.274 e. The molecule has 1 saturated heterocycles. The van der Waals surface area contributed by atoms with Gasteiger partial charge >= 0.3 is 0 Å². The number of aryl methyl sites for hydroxylation is 2. The Balaban J connectivity index is 1.44. The molecule has 7 heteroatoms. The van der Waals surface area contributed by atoms with Crippen molar-refractivity contribution in [3.63, 3.8) is 0 Å². The molecule has 0 saturated carbocycles. The quantitative estimate of drug-likeness (QED) is 0.772. The highest BCUT2D eigenvalue weighted by Gasteiger charge is 2.24. The average Bonchev–Trinajstić information content (AvgIpc) is 3.28. The molecule has 1 N–H and O–H groups in total. The molecule has 2 aromatic heterocycles. The van der Waals surface area contributed by atoms with Crippen molar-refractivity contribution in [3.8, 4) is 10.6 Å². The largest absolute Gasteiger partial charge is 0.368 e. The predicted molar refractivity (Wildman–Crippen MR) is 104 cm³/mol. The second kappa shape index (κ2) is 6.92. The van der Waals surface area contributed by atoms with Crippen LogP contribution in [0, 0.1) is 13.8 Å². The van der Waals surface area contributed by atoms with E-state index >= 15 is 0 Å². The van der Waals surface area contributed by atoms with E-state index in [0.717, 1.165) is 34.4 Å². The summed E-state index contributed by atoms with van der Waals surface area (Å²) in [5.41, 5.74) is 3.50. The molecule has 0 radical (unpaired) electrons. The zero-order valence-electron chi connectivity index (χ0n) is 14.9. The monoisotopic (exact) mass is 367 g/mol. The van der Waals surface area contributed by atoms with Gasteiger partial charge in [-0.3, -0.25) is 9.89 Å². The Bertz CT molecular complexity index is 909. The molecular weight excluding hydrogens is 346 g/mol. The maximum atomic E-state index is 12.8. The van der Waals surface area contributed by atoms with Crippen LogP contribution in [0.25, 0.3) is 10.6 Å². The van der Waals surface area contributed by atoms with Gasteiger partial charge in [-0.25, -0.2) is 4.98 Å². The SMILES string of the molecule is Cc1nc(C)c(-c2cc(C(=O)N3CCN(c4ccccc4)CC3)n[nH]2)s1. The fraction of sp³-hybridized carbons (Fsp3) is 0.316. The summed E-state index contributed by atoms with van der Waals surface area (Å²) >= 11 is 1.61. The first-order valence-corrected chi connectivity index (χ1v) is 9.52. The molecule has 3 aromatic rings. The first kappa shape index (κ1) is 16.8. The second-order valence-corrected chi connectivity index (χ2v) is 7.63. The van der Waals surface area contributed by atoms with E-state index in [9.17, 15) is 4.79 Å². The van der Waals surface area contributed by atoms with Gasteiger partial charge < -0.3 is 9.80 Å². The summed E-state index contributed by atoms with van der Waals surface area (Å²) in [6.45, 7) is 7.03. The number of thiazole rings is 1. The van der Waals surface area contributed by atoms with Gasteiger partial charge in [-0.05, 0) is 32.0 Å². The van der Waals surface area contributed by atoms with Gasteiger partial charge in [0.05, 0.1) is 21.3 Å². The van der Waals surface area contributed by atoms with Crippen molar-refractivity contribution in [1.29, 1.82) is 0 Å². The molecule has 3 heterocycles. The molecule has 134 valence electrons. The zero-order valence-corrected chi connectivity index (χ0v) is 15.7. The molecule has 1 aliphatic heterocycles. The number of carbonyl (C=O) groups excluding carboxylic acids is 1. The van der Waals surface area contributed by atoms with Crippen molar-refractivity contribution in [1.82, 2.24) is 20.1 Å². The number of hydrogen-bond donors (Lipinski definition) is 1. The number of aromatic nitrogens is 3. The third-order valence-electron chi connectivity index (χ3n) is 4.63. The Labute approximate surface area is 156 Å². The number of nitrogens with zero attached hydrogens (tertiary/aromatic N) is 4. The average molecular weight is 367 g/mol. The number of nitrogens with one attached hydrogen (secondary N) is 1. The summed E-state index contributed by atoms with van der Waals surface area (Å²) in [6, 6.07) is 12.2. The van der Waals surface area contributed by atoms with E-state index in [0.29, 0.717) is 18.8 Å². The summed E-state index contributed by atoms with van der Waals surface area (Å²) in [5.74, 6) is -0.0147. The molecule has 0 atom stereocenters. The Morgan fingerprint density at radius 2 is 1.85 bits per heavy atom. The highest BCUT2D eigenvalue weighted by atomic mass is 32.1. The standard InChI is InChI=1S/C19H21N5OS/c1-13-18(26-14(2)20-13)16-12-17(22-21-16)19(25)24-10-8-23(9-11-24)15-6-4-3-5-7-15/h3-7,12H,8-11H2,1-2H3,(H,21,22). The number of piperazine rings is 1. The number of H-pyrrole nitrogens is 1. The molecule has 0 spiro atoms. The molecule has 1 aromatic carbocycles. The van der Waals surface area contributed by atoms with Crippen LogP contribution >= 0.6 is 11.3 Å². The Morgan fingerprint density at radius 3 is 2.50 bits per heavy atom. The molecule has 26 heavy (non-hydrogen) atoms. The van der Waals surface area contributed by atoms with Crippen molar-refractivity contribution < 1.29 is 4.79 Å². The number of carbonyl (C=O) groups is 1. The van der Waals surface area contributed by atoms with Gasteiger partial charge in [0.1, 0.15) is 0 Å². The summed E-state index contributed by atoms with van der Waals surface area (Å²) in [7, 11) is 0. The number of amides is 1. The first-order valence-electron chi connectivity index (χ1n) is 8.71. The minimum atomic E-state index is -0.0147. The highest BCUT2D eigenvalue weighted by molar-refractivity contribution is 7.15. The van der Waals surface area contributed by atoms with Crippen molar-refractivity contribution in [2.24, 2.45) is 0 Å². The Kier molecular flexibility index (Phi) is 4.46. The van der Waals surface area contributed by atoms with Crippen LogP contribution in [-0.2, 0) is 0 Å². The van der Waals surface area contributed by atoms with Gasteiger partial charge in [0.25, 0.3) is 5.91 Å². The maximum absolute atomic E-state index is 12.8. The number of benzene rings is 1. The van der Waals surface area contributed by atoms with Crippen LogP contribution < -0.4 is 4.90 Å². The molecule has 6 nitrogen and oxygen atoms in total. The van der Waals surface area contributed by atoms with Crippen molar-refractivity contribution >= 4 is 22.9 Å². The van der Waals surface area contributed by atoms with Crippen molar-refractivity contribution in [3.05, 3.63) is 52.8 Å². The van der Waals surface area contributed by atoms with Gasteiger partial charge in [0.15, 0.2) is 5.69 Å². The van der Waals surface area contributed by atoms with Crippen molar-refractivity contribution in [2.45, 2.75) is 13.8 Å². The molecule has 0 aliphatic carbocycles. The highest BCUT2D eigenvalue weighted by Crippen LogP contribution is 2.28. The lowest BCUT2D eigenvalue weighted by atomic mass is 10.2. The van der Waals surface area contributed by atoms with Gasteiger partial charge in [-0.2, -0.15) is 5.10 Å². The number of aromatic amines is 1. The van der Waals surface area contributed by atoms with E-state index in [1.165, 1.54) is 5.69 Å². The van der Waals surface area contributed by atoms with Gasteiger partial charge in [0.2, 0.25) is 0 Å². The van der Waals surface area contributed by atoms with E-state index in [2.05, 4.69) is 32.2 Å². The summed E-state index contributed by atoms with van der Waals surface area (Å²) in [6.07, 6.45) is 0. The fourth-order valence-corrected chi connectivity index (χ4v) is 4.18. The molecule has 4 rings (SSSR count). The lowest BCUT2D eigenvalue weighted by molar-refractivity contribution is 0.0741. The van der Waals surface area contributed by atoms with Gasteiger partial charge in [-0.1, -0.05) is 18.2 Å². The van der Waals surface area contributed by atoms with Crippen LogP contribution in [0.15, 0.2) is 36.4 Å². The number of rotatable bonds is 3. The third-order valence-corrected chi connectivity index (χ3v) is 5.74. The van der Waals surface area contributed by atoms with E-state index in [4.69, 9.17) is 0 Å². The lowest BCUT2D eigenvalue weighted by Gasteiger charge is -2.35. The second-order valence-electron chi connectivity index (χ2n) is 6.43. The minimum Gasteiger partial charge on any atom is -0.368 e. The Hall–Kier alpha value is -2.67. The molecular formula is C19H21N5OS. The predicted octanol–water partition coefficient (Wildman–Crippen LogP) is 3.11. The van der Waals surface area contributed by atoms with Crippen LogP contribution in [0.2, 0.25) is 0 Å². The number of hydrogen-bond acceptors (Lipinski definition) is 5. The first-order chi connectivity index (χ1) is 12.6. The number of anilines is 1. The Morgan fingerprint density at radius 1 is 1.12 bits per heavy atom. The third kappa shape index (κ3) is 3.22. The van der Waals surface area contributed by atoms with Gasteiger partial charge in [0, 0.05) is 31.9 Å². The minimum absolute atomic E-state index is 0.0147. The molecule has 0 bridgehead atoms.